The Kier molecular flexibility index (Phi) is 5.20. The number of benzene rings is 2. The normalized spacial score (nSPS) is 14.1. The molecule has 156 valence electrons. The second kappa shape index (κ2) is 7.82. The smallest absolute Gasteiger partial charge is 0.254 e. The molecule has 0 saturated carbocycles. The summed E-state index contributed by atoms with van der Waals surface area (Å²) in [4.78, 5) is 12.5. The molecule has 0 unspecified atom stereocenters. The zero-order valence-corrected chi connectivity index (χ0v) is 17.2. The minimum Gasteiger partial charge on any atom is -0.488 e. The van der Waals surface area contributed by atoms with Crippen molar-refractivity contribution in [3.05, 3.63) is 71.3 Å². The van der Waals surface area contributed by atoms with Gasteiger partial charge in [0.2, 0.25) is 0 Å². The number of aromatic nitrogens is 2. The van der Waals surface area contributed by atoms with Crippen LogP contribution in [0.2, 0.25) is 0 Å². The maximum absolute atomic E-state index is 13.1. The van der Waals surface area contributed by atoms with E-state index in [-0.39, 0.29) is 17.3 Å². The van der Waals surface area contributed by atoms with Gasteiger partial charge in [-0.2, -0.15) is 5.10 Å². The van der Waals surface area contributed by atoms with Crippen molar-refractivity contribution in [3.8, 4) is 17.2 Å². The first-order valence-electron chi connectivity index (χ1n) is 9.86. The zero-order chi connectivity index (χ0) is 21.3. The predicted octanol–water partition coefficient (Wildman–Crippen LogP) is 3.84. The Morgan fingerprint density at radius 1 is 1.27 bits per heavy atom. The van der Waals surface area contributed by atoms with Crippen molar-refractivity contribution in [2.75, 3.05) is 13.2 Å². The van der Waals surface area contributed by atoms with Crippen LogP contribution < -0.4 is 14.8 Å². The highest BCUT2D eigenvalue weighted by atomic mass is 19.1. The van der Waals surface area contributed by atoms with Crippen LogP contribution in [0.15, 0.2) is 48.7 Å². The number of hydrogen-bond acceptors (Lipinski definition) is 4. The van der Waals surface area contributed by atoms with Gasteiger partial charge in [-0.05, 0) is 51.1 Å². The molecule has 0 atom stereocenters. The van der Waals surface area contributed by atoms with E-state index in [0.717, 1.165) is 17.7 Å². The molecular weight excluding hydrogens is 385 g/mol. The Balaban J connectivity index is 1.35. The summed E-state index contributed by atoms with van der Waals surface area (Å²) < 4.78 is 26.6. The number of fused-ring (bicyclic) bond motifs is 1. The summed E-state index contributed by atoms with van der Waals surface area (Å²) in [7, 11) is 0. The molecule has 1 aliphatic rings. The number of halogens is 1. The molecule has 3 aromatic rings. The molecule has 0 fully saturated rings. The average Bonchev–Trinajstić information content (AvgIpc) is 3.24. The topological polar surface area (TPSA) is 65.4 Å². The van der Waals surface area contributed by atoms with E-state index in [1.165, 1.54) is 18.3 Å². The standard InChI is InChI=1S/C23H24FN3O3/c1-15-19(14-26-27(15)18-9-7-17(24)8-10-18)22(28)25-11-12-29-20-6-4-5-16-13-23(2,3)30-21(16)20/h4-10,14H,11-13H2,1-3H3,(H,25,28). The van der Waals surface area contributed by atoms with E-state index >= 15 is 0 Å². The highest BCUT2D eigenvalue weighted by Gasteiger charge is 2.32. The minimum atomic E-state index is -0.320. The third kappa shape index (κ3) is 4.01. The molecule has 0 bridgehead atoms. The molecule has 0 aliphatic carbocycles. The lowest BCUT2D eigenvalue weighted by molar-refractivity contribution is 0.0945. The average molecular weight is 409 g/mol. The van der Waals surface area contributed by atoms with Gasteiger partial charge in [-0.15, -0.1) is 0 Å². The summed E-state index contributed by atoms with van der Waals surface area (Å²) in [5.74, 6) is 0.914. The van der Waals surface area contributed by atoms with Crippen molar-refractivity contribution in [3.63, 3.8) is 0 Å². The van der Waals surface area contributed by atoms with Gasteiger partial charge in [-0.1, -0.05) is 12.1 Å². The number of amides is 1. The molecule has 2 heterocycles. The second-order valence-corrected chi connectivity index (χ2v) is 7.92. The van der Waals surface area contributed by atoms with Gasteiger partial charge in [-0.3, -0.25) is 4.79 Å². The van der Waals surface area contributed by atoms with Crippen molar-refractivity contribution in [1.82, 2.24) is 15.1 Å². The van der Waals surface area contributed by atoms with E-state index in [4.69, 9.17) is 9.47 Å². The fourth-order valence-corrected chi connectivity index (χ4v) is 3.60. The molecule has 1 N–H and O–H groups in total. The van der Waals surface area contributed by atoms with Gasteiger partial charge in [0.25, 0.3) is 5.91 Å². The Morgan fingerprint density at radius 2 is 2.03 bits per heavy atom. The Labute approximate surface area is 174 Å². The number of carbonyl (C=O) groups is 1. The fraction of sp³-hybridized carbons (Fsp3) is 0.304. The van der Waals surface area contributed by atoms with Crippen molar-refractivity contribution in [2.45, 2.75) is 32.8 Å². The summed E-state index contributed by atoms with van der Waals surface area (Å²) in [6.07, 6.45) is 2.35. The van der Waals surface area contributed by atoms with Gasteiger partial charge in [0.1, 0.15) is 18.0 Å². The molecule has 30 heavy (non-hydrogen) atoms. The van der Waals surface area contributed by atoms with Crippen LogP contribution >= 0.6 is 0 Å². The second-order valence-electron chi connectivity index (χ2n) is 7.92. The molecule has 2 aromatic carbocycles. The molecule has 0 radical (unpaired) electrons. The zero-order valence-electron chi connectivity index (χ0n) is 17.2. The fourth-order valence-electron chi connectivity index (χ4n) is 3.60. The number of nitrogens with zero attached hydrogens (tertiary/aromatic N) is 2. The lowest BCUT2D eigenvalue weighted by atomic mass is 10.0. The van der Waals surface area contributed by atoms with E-state index in [1.54, 1.807) is 23.7 Å². The maximum Gasteiger partial charge on any atom is 0.254 e. The highest BCUT2D eigenvalue weighted by Crippen LogP contribution is 2.41. The Hall–Kier alpha value is -3.35. The van der Waals surface area contributed by atoms with E-state index in [9.17, 15) is 9.18 Å². The summed E-state index contributed by atoms with van der Waals surface area (Å²) in [5.41, 5.74) is 2.72. The molecule has 6 nitrogen and oxygen atoms in total. The third-order valence-corrected chi connectivity index (χ3v) is 5.03. The van der Waals surface area contributed by atoms with Gasteiger partial charge < -0.3 is 14.8 Å². The van der Waals surface area contributed by atoms with Crippen LogP contribution in [0.25, 0.3) is 5.69 Å². The monoisotopic (exact) mass is 409 g/mol. The van der Waals surface area contributed by atoms with Gasteiger partial charge in [0, 0.05) is 12.0 Å². The Bertz CT molecular complexity index is 1070. The van der Waals surface area contributed by atoms with E-state index in [0.29, 0.717) is 35.8 Å². The summed E-state index contributed by atoms with van der Waals surface area (Å²) in [6.45, 7) is 6.55. The third-order valence-electron chi connectivity index (χ3n) is 5.03. The van der Waals surface area contributed by atoms with Gasteiger partial charge in [0.05, 0.1) is 29.7 Å². The summed E-state index contributed by atoms with van der Waals surface area (Å²) >= 11 is 0. The minimum absolute atomic E-state index is 0.236. The molecule has 1 aliphatic heterocycles. The SMILES string of the molecule is Cc1c(C(=O)NCCOc2cccc3c2OC(C)(C)C3)cnn1-c1ccc(F)cc1. The molecule has 0 spiro atoms. The van der Waals surface area contributed by atoms with Crippen LogP contribution in [-0.2, 0) is 6.42 Å². The van der Waals surface area contributed by atoms with E-state index < -0.39 is 0 Å². The highest BCUT2D eigenvalue weighted by molar-refractivity contribution is 5.95. The molecule has 4 rings (SSSR count). The number of para-hydroxylation sites is 1. The van der Waals surface area contributed by atoms with Crippen LogP contribution in [0.5, 0.6) is 11.5 Å². The first kappa shape index (κ1) is 19.9. The van der Waals surface area contributed by atoms with Gasteiger partial charge in [-0.25, -0.2) is 9.07 Å². The molecule has 1 amide bonds. The van der Waals surface area contributed by atoms with Crippen LogP contribution in [0.3, 0.4) is 0 Å². The number of carbonyl (C=O) groups excluding carboxylic acids is 1. The molecule has 1 aromatic heterocycles. The van der Waals surface area contributed by atoms with Crippen LogP contribution in [-0.4, -0.2) is 34.4 Å². The van der Waals surface area contributed by atoms with Crippen LogP contribution in [0.4, 0.5) is 4.39 Å². The van der Waals surface area contributed by atoms with Crippen molar-refractivity contribution < 1.29 is 18.7 Å². The van der Waals surface area contributed by atoms with Crippen molar-refractivity contribution in [2.24, 2.45) is 0 Å². The first-order valence-corrected chi connectivity index (χ1v) is 9.86. The molecular formula is C23H24FN3O3. The first-order chi connectivity index (χ1) is 14.3. The molecule has 7 heteroatoms. The lowest BCUT2D eigenvalue weighted by Gasteiger charge is -2.18. The van der Waals surface area contributed by atoms with E-state index in [1.807, 2.05) is 32.0 Å². The van der Waals surface area contributed by atoms with Crippen LogP contribution in [0, 0.1) is 12.7 Å². The largest absolute Gasteiger partial charge is 0.488 e. The maximum atomic E-state index is 13.1. The number of ether oxygens (including phenoxy) is 2. The molecule has 0 saturated heterocycles. The van der Waals surface area contributed by atoms with Crippen LogP contribution in [0.1, 0.15) is 35.5 Å². The van der Waals surface area contributed by atoms with Crippen molar-refractivity contribution >= 4 is 5.91 Å². The number of nitrogens with one attached hydrogen (secondary N) is 1. The predicted molar refractivity (Wildman–Crippen MR) is 111 cm³/mol. The summed E-state index contributed by atoms with van der Waals surface area (Å²) in [5, 5.41) is 7.10. The number of rotatable bonds is 6. The summed E-state index contributed by atoms with van der Waals surface area (Å²) in [6, 6.07) is 11.8. The Morgan fingerprint density at radius 3 is 2.80 bits per heavy atom. The van der Waals surface area contributed by atoms with E-state index in [2.05, 4.69) is 10.4 Å². The number of hydrogen-bond donors (Lipinski definition) is 1. The lowest BCUT2D eigenvalue weighted by Crippen LogP contribution is -2.28. The van der Waals surface area contributed by atoms with Crippen molar-refractivity contribution in [1.29, 1.82) is 0 Å². The van der Waals surface area contributed by atoms with Gasteiger partial charge in [0.15, 0.2) is 11.5 Å². The van der Waals surface area contributed by atoms with Gasteiger partial charge >= 0.3 is 0 Å². The quantitative estimate of drug-likeness (QED) is 0.628.